The quantitative estimate of drug-likeness (QED) is 0.902. The summed E-state index contributed by atoms with van der Waals surface area (Å²) in [6.45, 7) is 8.06. The van der Waals surface area contributed by atoms with E-state index in [4.69, 9.17) is 0 Å². The highest BCUT2D eigenvalue weighted by atomic mass is 16.2. The zero-order valence-electron chi connectivity index (χ0n) is 16.6. The average Bonchev–Trinajstić information content (AvgIpc) is 2.65. The van der Waals surface area contributed by atoms with Crippen LogP contribution in [0.25, 0.3) is 0 Å². The van der Waals surface area contributed by atoms with Crippen LogP contribution in [0.4, 0.5) is 11.4 Å². The number of piperidine rings is 1. The van der Waals surface area contributed by atoms with E-state index in [-0.39, 0.29) is 16.9 Å². The SMILES string of the molecule is Cn1ncc(NC(=O)c2ccc(C(C)(C)C)cc2)c(N2CCCCC2)c1=O. The van der Waals surface area contributed by atoms with E-state index in [1.165, 1.54) is 16.7 Å². The van der Waals surface area contributed by atoms with E-state index < -0.39 is 0 Å². The number of amides is 1. The highest BCUT2D eigenvalue weighted by Gasteiger charge is 2.21. The topological polar surface area (TPSA) is 67.2 Å². The van der Waals surface area contributed by atoms with Crippen molar-refractivity contribution >= 4 is 17.3 Å². The van der Waals surface area contributed by atoms with Crippen molar-refractivity contribution in [3.05, 3.63) is 51.9 Å². The number of hydrogen-bond donors (Lipinski definition) is 1. The zero-order chi connectivity index (χ0) is 19.6. The Morgan fingerprint density at radius 2 is 1.70 bits per heavy atom. The van der Waals surface area contributed by atoms with Crippen molar-refractivity contribution in [3.63, 3.8) is 0 Å². The van der Waals surface area contributed by atoms with E-state index in [0.29, 0.717) is 16.9 Å². The summed E-state index contributed by atoms with van der Waals surface area (Å²) in [5.41, 5.74) is 2.59. The molecule has 1 saturated heterocycles. The molecule has 6 nitrogen and oxygen atoms in total. The van der Waals surface area contributed by atoms with Crippen LogP contribution in [0.3, 0.4) is 0 Å². The van der Waals surface area contributed by atoms with Crippen LogP contribution < -0.4 is 15.8 Å². The van der Waals surface area contributed by atoms with Crippen molar-refractivity contribution in [2.24, 2.45) is 7.05 Å². The third-order valence-electron chi connectivity index (χ3n) is 5.05. The number of anilines is 2. The second-order valence-corrected chi connectivity index (χ2v) is 8.16. The Balaban J connectivity index is 1.87. The standard InChI is InChI=1S/C21H28N4O2/c1-21(2,3)16-10-8-15(9-11-16)19(26)23-17-14-22-24(4)20(27)18(17)25-12-6-5-7-13-25/h8-11,14H,5-7,12-13H2,1-4H3,(H,23,26). The summed E-state index contributed by atoms with van der Waals surface area (Å²) in [7, 11) is 1.63. The first-order chi connectivity index (χ1) is 12.8. The summed E-state index contributed by atoms with van der Waals surface area (Å²) in [5, 5.41) is 6.98. The molecule has 0 unspecified atom stereocenters. The van der Waals surface area contributed by atoms with Crippen molar-refractivity contribution in [2.75, 3.05) is 23.3 Å². The maximum Gasteiger partial charge on any atom is 0.292 e. The van der Waals surface area contributed by atoms with Crippen LogP contribution in [0.1, 0.15) is 56.0 Å². The average molecular weight is 368 g/mol. The molecule has 0 bridgehead atoms. The van der Waals surface area contributed by atoms with Crippen LogP contribution in [-0.2, 0) is 12.5 Å². The minimum Gasteiger partial charge on any atom is -0.365 e. The van der Waals surface area contributed by atoms with Crippen molar-refractivity contribution in [1.82, 2.24) is 9.78 Å². The maximum atomic E-state index is 12.7. The molecule has 1 N–H and O–H groups in total. The first kappa shape index (κ1) is 19.1. The van der Waals surface area contributed by atoms with E-state index >= 15 is 0 Å². The summed E-state index contributed by atoms with van der Waals surface area (Å²) in [6, 6.07) is 7.60. The number of carbonyl (C=O) groups excluding carboxylic acids is 1. The van der Waals surface area contributed by atoms with Gasteiger partial charge in [-0.15, -0.1) is 0 Å². The molecular weight excluding hydrogens is 340 g/mol. The van der Waals surface area contributed by atoms with Crippen LogP contribution in [-0.4, -0.2) is 28.8 Å². The molecule has 0 saturated carbocycles. The Morgan fingerprint density at radius 3 is 2.30 bits per heavy atom. The molecule has 0 atom stereocenters. The van der Waals surface area contributed by atoms with Crippen LogP contribution >= 0.6 is 0 Å². The first-order valence-corrected chi connectivity index (χ1v) is 9.50. The Labute approximate surface area is 160 Å². The van der Waals surface area contributed by atoms with Gasteiger partial charge in [0.2, 0.25) is 0 Å². The van der Waals surface area contributed by atoms with Gasteiger partial charge in [0.1, 0.15) is 5.69 Å². The van der Waals surface area contributed by atoms with Gasteiger partial charge in [0.15, 0.2) is 0 Å². The molecule has 1 aromatic carbocycles. The molecule has 1 aliphatic heterocycles. The van der Waals surface area contributed by atoms with E-state index in [0.717, 1.165) is 25.9 Å². The van der Waals surface area contributed by atoms with E-state index in [1.807, 2.05) is 24.3 Å². The number of carbonyl (C=O) groups is 1. The van der Waals surface area contributed by atoms with Gasteiger partial charge < -0.3 is 10.2 Å². The largest absolute Gasteiger partial charge is 0.365 e. The van der Waals surface area contributed by atoms with Crippen LogP contribution in [0.15, 0.2) is 35.3 Å². The summed E-state index contributed by atoms with van der Waals surface area (Å²) >= 11 is 0. The lowest BCUT2D eigenvalue weighted by Crippen LogP contribution is -2.37. The number of benzene rings is 1. The second-order valence-electron chi connectivity index (χ2n) is 8.16. The van der Waals surface area contributed by atoms with Gasteiger partial charge in [0.25, 0.3) is 11.5 Å². The van der Waals surface area contributed by atoms with Crippen LogP contribution in [0, 0.1) is 0 Å². The van der Waals surface area contributed by atoms with Crippen molar-refractivity contribution < 1.29 is 4.79 Å². The predicted octanol–water partition coefficient (Wildman–Crippen LogP) is 3.32. The third kappa shape index (κ3) is 4.21. The zero-order valence-corrected chi connectivity index (χ0v) is 16.6. The normalized spacial score (nSPS) is 14.9. The summed E-state index contributed by atoms with van der Waals surface area (Å²) < 4.78 is 1.32. The molecule has 0 aliphatic carbocycles. The Morgan fingerprint density at radius 1 is 1.07 bits per heavy atom. The molecule has 144 valence electrons. The Hall–Kier alpha value is -2.63. The minimum atomic E-state index is -0.233. The number of hydrogen-bond acceptors (Lipinski definition) is 4. The molecule has 1 aliphatic rings. The molecule has 27 heavy (non-hydrogen) atoms. The van der Waals surface area contributed by atoms with Gasteiger partial charge in [-0.2, -0.15) is 5.10 Å². The maximum absolute atomic E-state index is 12.7. The van der Waals surface area contributed by atoms with Crippen molar-refractivity contribution in [2.45, 2.75) is 45.4 Å². The number of nitrogens with one attached hydrogen (secondary N) is 1. The molecule has 1 fully saturated rings. The fourth-order valence-electron chi connectivity index (χ4n) is 3.36. The summed E-state index contributed by atoms with van der Waals surface area (Å²) in [5.74, 6) is -0.233. The molecule has 1 amide bonds. The summed E-state index contributed by atoms with van der Waals surface area (Å²) in [6.07, 6.45) is 4.83. The predicted molar refractivity (Wildman–Crippen MR) is 109 cm³/mol. The van der Waals surface area contributed by atoms with Gasteiger partial charge in [0, 0.05) is 25.7 Å². The van der Waals surface area contributed by atoms with Gasteiger partial charge in [-0.1, -0.05) is 32.9 Å². The number of aromatic nitrogens is 2. The summed E-state index contributed by atoms with van der Waals surface area (Å²) in [4.78, 5) is 27.5. The lowest BCUT2D eigenvalue weighted by Gasteiger charge is -2.29. The molecular formula is C21H28N4O2. The van der Waals surface area contributed by atoms with Crippen LogP contribution in [0.5, 0.6) is 0 Å². The van der Waals surface area contributed by atoms with Gasteiger partial charge in [-0.3, -0.25) is 9.59 Å². The number of aryl methyl sites for hydroxylation is 1. The molecule has 1 aromatic heterocycles. The molecule has 6 heteroatoms. The van der Waals surface area contributed by atoms with Crippen LogP contribution in [0.2, 0.25) is 0 Å². The highest BCUT2D eigenvalue weighted by molar-refractivity contribution is 6.05. The lowest BCUT2D eigenvalue weighted by atomic mass is 9.87. The lowest BCUT2D eigenvalue weighted by molar-refractivity contribution is 0.102. The fraction of sp³-hybridized carbons (Fsp3) is 0.476. The van der Waals surface area contributed by atoms with Gasteiger partial charge in [-0.05, 0) is 42.4 Å². The molecule has 0 radical (unpaired) electrons. The molecule has 2 heterocycles. The third-order valence-corrected chi connectivity index (χ3v) is 5.05. The van der Waals surface area contributed by atoms with Gasteiger partial charge in [0.05, 0.1) is 11.9 Å². The second kappa shape index (κ2) is 7.55. The molecule has 0 spiro atoms. The minimum absolute atomic E-state index is 0.0337. The van der Waals surface area contributed by atoms with E-state index in [2.05, 4.69) is 36.1 Å². The van der Waals surface area contributed by atoms with Gasteiger partial charge >= 0.3 is 0 Å². The first-order valence-electron chi connectivity index (χ1n) is 9.50. The smallest absolute Gasteiger partial charge is 0.292 e. The van der Waals surface area contributed by atoms with E-state index in [1.54, 1.807) is 13.2 Å². The monoisotopic (exact) mass is 368 g/mol. The van der Waals surface area contributed by atoms with Crippen molar-refractivity contribution in [3.8, 4) is 0 Å². The fourth-order valence-corrected chi connectivity index (χ4v) is 3.36. The number of nitrogens with zero attached hydrogens (tertiary/aromatic N) is 3. The highest BCUT2D eigenvalue weighted by Crippen LogP contribution is 2.25. The number of rotatable bonds is 3. The Bertz CT molecular complexity index is 873. The van der Waals surface area contributed by atoms with Crippen molar-refractivity contribution in [1.29, 1.82) is 0 Å². The Kier molecular flexibility index (Phi) is 5.35. The molecule has 3 rings (SSSR count). The van der Waals surface area contributed by atoms with E-state index in [9.17, 15) is 9.59 Å². The molecule has 2 aromatic rings. The van der Waals surface area contributed by atoms with Gasteiger partial charge in [-0.25, -0.2) is 4.68 Å².